The molecular weight excluding hydrogens is 388 g/mol. The molecule has 0 bridgehead atoms. The van der Waals surface area contributed by atoms with Crippen molar-refractivity contribution in [3.8, 4) is 11.4 Å². The average Bonchev–Trinajstić information content (AvgIpc) is 3.15. The van der Waals surface area contributed by atoms with Gasteiger partial charge in [-0.05, 0) is 36.8 Å². The van der Waals surface area contributed by atoms with Crippen molar-refractivity contribution in [1.29, 1.82) is 0 Å². The summed E-state index contributed by atoms with van der Waals surface area (Å²) >= 11 is 1.34. The number of aromatic nitrogens is 2. The number of nitrogens with one attached hydrogen (secondary N) is 2. The Kier molecular flexibility index (Phi) is 6.56. The number of para-hydroxylation sites is 1. The molecule has 0 aliphatic heterocycles. The highest BCUT2D eigenvalue weighted by Gasteiger charge is 2.13. The predicted octanol–water partition coefficient (Wildman–Crippen LogP) is 3.88. The van der Waals surface area contributed by atoms with Crippen LogP contribution < -0.4 is 15.4 Å². The van der Waals surface area contributed by atoms with E-state index in [4.69, 9.17) is 4.74 Å². The topological polar surface area (TPSA) is 85.2 Å². The second kappa shape index (κ2) is 9.29. The third-order valence-electron chi connectivity index (χ3n) is 4.11. The summed E-state index contributed by atoms with van der Waals surface area (Å²) < 4.78 is 7.26. The van der Waals surface area contributed by atoms with Gasteiger partial charge in [-0.2, -0.15) is 0 Å². The molecule has 0 spiro atoms. The van der Waals surface area contributed by atoms with Crippen molar-refractivity contribution in [2.24, 2.45) is 0 Å². The van der Waals surface area contributed by atoms with Crippen LogP contribution in [0.15, 0.2) is 60.0 Å². The fourth-order valence-electron chi connectivity index (χ4n) is 2.82. The highest BCUT2D eigenvalue weighted by atomic mass is 32.2. The highest BCUT2D eigenvalue weighted by Crippen LogP contribution is 2.29. The number of carbonyl (C=O) groups is 2. The zero-order valence-corrected chi connectivity index (χ0v) is 17.2. The van der Waals surface area contributed by atoms with Crippen molar-refractivity contribution in [1.82, 2.24) is 9.55 Å². The molecular formula is C21H22N4O3S. The van der Waals surface area contributed by atoms with Crippen molar-refractivity contribution in [2.45, 2.75) is 19.0 Å². The molecule has 3 aromatic rings. The van der Waals surface area contributed by atoms with Crippen LogP contribution in [-0.2, 0) is 9.59 Å². The summed E-state index contributed by atoms with van der Waals surface area (Å²) in [6, 6.07) is 13.1. The van der Waals surface area contributed by atoms with Gasteiger partial charge < -0.3 is 15.4 Å². The summed E-state index contributed by atoms with van der Waals surface area (Å²) in [4.78, 5) is 28.1. The Bertz CT molecular complexity index is 1030. The lowest BCUT2D eigenvalue weighted by atomic mass is 10.2. The summed E-state index contributed by atoms with van der Waals surface area (Å²) in [7, 11) is 1.52. The van der Waals surface area contributed by atoms with E-state index in [1.807, 2.05) is 42.0 Å². The monoisotopic (exact) mass is 410 g/mol. The zero-order chi connectivity index (χ0) is 20.8. The molecule has 1 heterocycles. The Morgan fingerprint density at radius 2 is 1.97 bits per heavy atom. The molecule has 0 atom stereocenters. The summed E-state index contributed by atoms with van der Waals surface area (Å²) in [5.41, 5.74) is 3.22. The standard InChI is InChI=1S/C21H22N4O3S/c1-14-6-4-5-7-18(14)25-11-10-22-21(25)29-13-20(27)24-17-12-16(23-15(2)26)8-9-19(17)28-3/h4-12H,13H2,1-3H3,(H,23,26)(H,24,27). The van der Waals surface area contributed by atoms with Crippen LogP contribution in [0.2, 0.25) is 0 Å². The van der Waals surface area contributed by atoms with Crippen LogP contribution in [0.5, 0.6) is 5.75 Å². The first-order valence-electron chi connectivity index (χ1n) is 8.95. The Morgan fingerprint density at radius 3 is 2.69 bits per heavy atom. The molecule has 2 aromatic carbocycles. The van der Waals surface area contributed by atoms with E-state index in [1.165, 1.54) is 25.8 Å². The molecule has 1 aromatic heterocycles. The maximum Gasteiger partial charge on any atom is 0.234 e. The molecule has 0 radical (unpaired) electrons. The first-order chi connectivity index (χ1) is 14.0. The number of benzene rings is 2. The molecule has 7 nitrogen and oxygen atoms in total. The maximum absolute atomic E-state index is 12.5. The Morgan fingerprint density at radius 1 is 1.17 bits per heavy atom. The second-order valence-electron chi connectivity index (χ2n) is 6.30. The van der Waals surface area contributed by atoms with E-state index in [0.717, 1.165) is 16.4 Å². The van der Waals surface area contributed by atoms with Crippen LogP contribution in [0.25, 0.3) is 5.69 Å². The Hall–Kier alpha value is -3.26. The van der Waals surface area contributed by atoms with Gasteiger partial charge in [0.15, 0.2) is 5.16 Å². The molecule has 0 aliphatic rings. The molecule has 0 fully saturated rings. The fraction of sp³-hybridized carbons (Fsp3) is 0.190. The largest absolute Gasteiger partial charge is 0.495 e. The van der Waals surface area contributed by atoms with Crippen LogP contribution in [0.3, 0.4) is 0 Å². The van der Waals surface area contributed by atoms with Crippen molar-refractivity contribution in [2.75, 3.05) is 23.5 Å². The van der Waals surface area contributed by atoms with Crippen LogP contribution in [-0.4, -0.2) is 34.2 Å². The zero-order valence-electron chi connectivity index (χ0n) is 16.4. The number of thioether (sulfide) groups is 1. The van der Waals surface area contributed by atoms with Crippen LogP contribution in [0.1, 0.15) is 12.5 Å². The number of hydrogen-bond donors (Lipinski definition) is 2. The minimum Gasteiger partial charge on any atom is -0.495 e. The van der Waals surface area contributed by atoms with E-state index in [0.29, 0.717) is 17.1 Å². The highest BCUT2D eigenvalue weighted by molar-refractivity contribution is 7.99. The van der Waals surface area contributed by atoms with E-state index in [2.05, 4.69) is 15.6 Å². The molecule has 0 unspecified atom stereocenters. The van der Waals surface area contributed by atoms with Gasteiger partial charge in [0.1, 0.15) is 5.75 Å². The van der Waals surface area contributed by atoms with Gasteiger partial charge in [0.05, 0.1) is 24.2 Å². The molecule has 29 heavy (non-hydrogen) atoms. The first kappa shape index (κ1) is 20.5. The summed E-state index contributed by atoms with van der Waals surface area (Å²) in [6.45, 7) is 3.46. The molecule has 2 N–H and O–H groups in total. The quantitative estimate of drug-likeness (QED) is 0.578. The number of anilines is 2. The maximum atomic E-state index is 12.5. The summed E-state index contributed by atoms with van der Waals surface area (Å²) in [6.07, 6.45) is 3.59. The molecule has 2 amide bonds. The summed E-state index contributed by atoms with van der Waals surface area (Å²) in [5.74, 6) is 0.300. The number of aryl methyl sites for hydroxylation is 1. The van der Waals surface area contributed by atoms with Gasteiger partial charge in [-0.3, -0.25) is 14.2 Å². The van der Waals surface area contributed by atoms with Crippen molar-refractivity contribution in [3.05, 3.63) is 60.4 Å². The van der Waals surface area contributed by atoms with Gasteiger partial charge in [-0.15, -0.1) is 0 Å². The third-order valence-corrected chi connectivity index (χ3v) is 5.07. The third kappa shape index (κ3) is 5.17. The van der Waals surface area contributed by atoms with E-state index in [1.54, 1.807) is 24.4 Å². The molecule has 0 saturated carbocycles. The summed E-state index contributed by atoms with van der Waals surface area (Å²) in [5, 5.41) is 6.26. The molecule has 0 saturated heterocycles. The Balaban J connectivity index is 1.69. The van der Waals surface area contributed by atoms with Crippen molar-refractivity contribution < 1.29 is 14.3 Å². The lowest BCUT2D eigenvalue weighted by Crippen LogP contribution is -2.16. The van der Waals surface area contributed by atoms with E-state index in [9.17, 15) is 9.59 Å². The van der Waals surface area contributed by atoms with Gasteiger partial charge in [-0.1, -0.05) is 30.0 Å². The first-order valence-corrected chi connectivity index (χ1v) is 9.94. The lowest BCUT2D eigenvalue weighted by Gasteiger charge is -2.13. The minimum absolute atomic E-state index is 0.177. The number of hydrogen-bond acceptors (Lipinski definition) is 5. The van der Waals surface area contributed by atoms with E-state index < -0.39 is 0 Å². The van der Waals surface area contributed by atoms with Crippen molar-refractivity contribution in [3.63, 3.8) is 0 Å². The predicted molar refractivity (Wildman–Crippen MR) is 115 cm³/mol. The fourth-order valence-corrected chi connectivity index (χ4v) is 3.58. The number of carbonyl (C=O) groups excluding carboxylic acids is 2. The number of amides is 2. The molecule has 8 heteroatoms. The normalized spacial score (nSPS) is 10.4. The van der Waals surface area contributed by atoms with Gasteiger partial charge >= 0.3 is 0 Å². The number of imidazole rings is 1. The second-order valence-corrected chi connectivity index (χ2v) is 7.24. The number of ether oxygens (including phenoxy) is 1. The SMILES string of the molecule is COc1ccc(NC(C)=O)cc1NC(=O)CSc1nccn1-c1ccccc1C. The number of methoxy groups -OCH3 is 1. The van der Waals surface area contributed by atoms with Crippen LogP contribution in [0.4, 0.5) is 11.4 Å². The van der Waals surface area contributed by atoms with Crippen LogP contribution >= 0.6 is 11.8 Å². The molecule has 150 valence electrons. The smallest absolute Gasteiger partial charge is 0.234 e. The van der Waals surface area contributed by atoms with Gasteiger partial charge in [0, 0.05) is 25.0 Å². The van der Waals surface area contributed by atoms with Gasteiger partial charge in [-0.25, -0.2) is 4.98 Å². The lowest BCUT2D eigenvalue weighted by molar-refractivity contribution is -0.114. The van der Waals surface area contributed by atoms with Gasteiger partial charge in [0.2, 0.25) is 11.8 Å². The van der Waals surface area contributed by atoms with Crippen molar-refractivity contribution >= 4 is 35.0 Å². The molecule has 3 rings (SSSR count). The molecule has 0 aliphatic carbocycles. The van der Waals surface area contributed by atoms with Gasteiger partial charge in [0.25, 0.3) is 0 Å². The van der Waals surface area contributed by atoms with E-state index in [-0.39, 0.29) is 17.6 Å². The van der Waals surface area contributed by atoms with E-state index >= 15 is 0 Å². The minimum atomic E-state index is -0.201. The van der Waals surface area contributed by atoms with Crippen LogP contribution in [0, 0.1) is 6.92 Å². The Labute approximate surface area is 173 Å². The average molecular weight is 410 g/mol. The number of nitrogens with zero attached hydrogens (tertiary/aromatic N) is 2. The number of rotatable bonds is 7.